The fraction of sp³-hybridized carbons (Fsp3) is 0.462. The van der Waals surface area contributed by atoms with Gasteiger partial charge >= 0.3 is 0 Å². The number of hydrogen-bond donors (Lipinski definition) is 1. The molecule has 2 atom stereocenters. The smallest absolute Gasteiger partial charge is 0.123 e. The molecule has 0 radical (unpaired) electrons. The topological polar surface area (TPSA) is 44.0 Å². The van der Waals surface area contributed by atoms with Crippen LogP contribution in [0.4, 0.5) is 4.39 Å². The first kappa shape index (κ1) is 12.7. The van der Waals surface area contributed by atoms with Gasteiger partial charge in [-0.1, -0.05) is 13.0 Å². The van der Waals surface area contributed by atoms with E-state index in [-0.39, 0.29) is 5.82 Å². The highest BCUT2D eigenvalue weighted by Crippen LogP contribution is 2.37. The number of nitrogens with zero attached hydrogens (tertiary/aromatic N) is 1. The number of nitriles is 1. The average molecular weight is 221 g/mol. The van der Waals surface area contributed by atoms with Crippen LogP contribution in [0.5, 0.6) is 0 Å². The van der Waals surface area contributed by atoms with Crippen molar-refractivity contribution in [1.29, 1.82) is 5.26 Å². The van der Waals surface area contributed by atoms with E-state index < -0.39 is 11.5 Å². The van der Waals surface area contributed by atoms with Gasteiger partial charge in [0.15, 0.2) is 0 Å². The van der Waals surface area contributed by atoms with Crippen LogP contribution in [0.15, 0.2) is 18.2 Å². The van der Waals surface area contributed by atoms with Crippen LogP contribution in [0.1, 0.15) is 37.5 Å². The van der Waals surface area contributed by atoms with Gasteiger partial charge in [-0.3, -0.25) is 0 Å². The third-order valence-electron chi connectivity index (χ3n) is 3.12. The zero-order valence-corrected chi connectivity index (χ0v) is 9.79. The molecule has 0 bridgehead atoms. The van der Waals surface area contributed by atoms with Crippen LogP contribution in [0.3, 0.4) is 0 Å². The lowest BCUT2D eigenvalue weighted by atomic mass is 9.79. The SMILES string of the molecule is CCC(C)(C#N)C(O)c1ccc(F)cc1C. The van der Waals surface area contributed by atoms with E-state index in [0.29, 0.717) is 17.5 Å². The summed E-state index contributed by atoms with van der Waals surface area (Å²) in [7, 11) is 0. The third-order valence-corrected chi connectivity index (χ3v) is 3.12. The molecule has 0 aliphatic heterocycles. The van der Waals surface area contributed by atoms with Gasteiger partial charge in [0.05, 0.1) is 17.6 Å². The summed E-state index contributed by atoms with van der Waals surface area (Å²) >= 11 is 0. The molecule has 0 saturated heterocycles. The van der Waals surface area contributed by atoms with E-state index >= 15 is 0 Å². The highest BCUT2D eigenvalue weighted by Gasteiger charge is 2.33. The molecule has 0 spiro atoms. The van der Waals surface area contributed by atoms with Crippen molar-refractivity contribution in [3.05, 3.63) is 35.1 Å². The van der Waals surface area contributed by atoms with Crippen LogP contribution >= 0.6 is 0 Å². The second-order valence-electron chi connectivity index (χ2n) is 4.29. The first-order chi connectivity index (χ1) is 7.44. The van der Waals surface area contributed by atoms with Gasteiger partial charge < -0.3 is 5.11 Å². The van der Waals surface area contributed by atoms with E-state index in [1.54, 1.807) is 19.9 Å². The van der Waals surface area contributed by atoms with E-state index in [9.17, 15) is 9.50 Å². The van der Waals surface area contributed by atoms with Gasteiger partial charge in [0, 0.05) is 0 Å². The van der Waals surface area contributed by atoms with E-state index in [1.165, 1.54) is 12.1 Å². The molecule has 0 saturated carbocycles. The average Bonchev–Trinajstić information content (AvgIpc) is 2.27. The lowest BCUT2D eigenvalue weighted by Gasteiger charge is -2.27. The van der Waals surface area contributed by atoms with E-state index in [0.717, 1.165) is 0 Å². The Morgan fingerprint density at radius 2 is 2.19 bits per heavy atom. The molecule has 86 valence electrons. The molecule has 0 aliphatic rings. The Bertz CT molecular complexity index is 424. The quantitative estimate of drug-likeness (QED) is 0.852. The highest BCUT2D eigenvalue weighted by molar-refractivity contribution is 5.31. The summed E-state index contributed by atoms with van der Waals surface area (Å²) in [5, 5.41) is 19.2. The number of aryl methyl sites for hydroxylation is 1. The Morgan fingerprint density at radius 1 is 1.56 bits per heavy atom. The Morgan fingerprint density at radius 3 is 2.62 bits per heavy atom. The molecule has 0 heterocycles. The molecular weight excluding hydrogens is 205 g/mol. The molecule has 3 heteroatoms. The number of benzene rings is 1. The van der Waals surface area contributed by atoms with Crippen LogP contribution in [0, 0.1) is 29.5 Å². The molecule has 1 aromatic rings. The molecule has 1 N–H and O–H groups in total. The second kappa shape index (κ2) is 4.63. The molecule has 0 fully saturated rings. The molecule has 1 aromatic carbocycles. The summed E-state index contributed by atoms with van der Waals surface area (Å²) in [5.41, 5.74) is 0.456. The maximum atomic E-state index is 12.9. The van der Waals surface area contributed by atoms with Gasteiger partial charge in [-0.25, -0.2) is 4.39 Å². The third kappa shape index (κ3) is 2.23. The number of rotatable bonds is 3. The van der Waals surface area contributed by atoms with E-state index in [1.807, 2.05) is 6.92 Å². The van der Waals surface area contributed by atoms with Crippen molar-refractivity contribution in [3.8, 4) is 6.07 Å². The molecule has 1 rings (SSSR count). The van der Waals surface area contributed by atoms with Crippen LogP contribution in [-0.2, 0) is 0 Å². The maximum absolute atomic E-state index is 12.9. The van der Waals surface area contributed by atoms with Gasteiger partial charge in [0.1, 0.15) is 5.82 Å². The summed E-state index contributed by atoms with van der Waals surface area (Å²) in [6, 6.07) is 6.34. The summed E-state index contributed by atoms with van der Waals surface area (Å²) in [6.45, 7) is 5.29. The number of aliphatic hydroxyl groups is 1. The van der Waals surface area contributed by atoms with Crippen molar-refractivity contribution in [2.45, 2.75) is 33.3 Å². The zero-order chi connectivity index (χ0) is 12.3. The lowest BCUT2D eigenvalue weighted by Crippen LogP contribution is -2.23. The lowest BCUT2D eigenvalue weighted by molar-refractivity contribution is 0.0716. The minimum Gasteiger partial charge on any atom is -0.387 e. The standard InChI is InChI=1S/C13H16FNO/c1-4-13(3,8-15)12(16)11-6-5-10(14)7-9(11)2/h5-7,12,16H,4H2,1-3H3. The van der Waals surface area contributed by atoms with Crippen LogP contribution in [-0.4, -0.2) is 5.11 Å². The largest absolute Gasteiger partial charge is 0.387 e. The van der Waals surface area contributed by atoms with Crippen molar-refractivity contribution in [1.82, 2.24) is 0 Å². The molecule has 0 aromatic heterocycles. The molecule has 16 heavy (non-hydrogen) atoms. The first-order valence-electron chi connectivity index (χ1n) is 5.30. The van der Waals surface area contributed by atoms with E-state index in [2.05, 4.69) is 6.07 Å². The van der Waals surface area contributed by atoms with Gasteiger partial charge in [0.25, 0.3) is 0 Å². The molecular formula is C13H16FNO. The monoisotopic (exact) mass is 221 g/mol. The fourth-order valence-electron chi connectivity index (χ4n) is 1.62. The van der Waals surface area contributed by atoms with Crippen molar-refractivity contribution >= 4 is 0 Å². The normalized spacial score (nSPS) is 16.2. The predicted octanol–water partition coefficient (Wildman–Crippen LogP) is 3.11. The minimum absolute atomic E-state index is 0.330. The molecule has 0 aliphatic carbocycles. The highest BCUT2D eigenvalue weighted by atomic mass is 19.1. The predicted molar refractivity (Wildman–Crippen MR) is 60.1 cm³/mol. The van der Waals surface area contributed by atoms with Crippen LogP contribution in [0.25, 0.3) is 0 Å². The Labute approximate surface area is 95.3 Å². The molecule has 2 nitrogen and oxygen atoms in total. The Balaban J connectivity index is 3.15. The Kier molecular flexibility index (Phi) is 3.66. The van der Waals surface area contributed by atoms with Gasteiger partial charge in [0.2, 0.25) is 0 Å². The summed E-state index contributed by atoms with van der Waals surface area (Å²) in [4.78, 5) is 0. The van der Waals surface area contributed by atoms with Crippen LogP contribution < -0.4 is 0 Å². The maximum Gasteiger partial charge on any atom is 0.123 e. The summed E-state index contributed by atoms with van der Waals surface area (Å²) < 4.78 is 12.9. The zero-order valence-electron chi connectivity index (χ0n) is 9.79. The van der Waals surface area contributed by atoms with Crippen molar-refractivity contribution in [2.75, 3.05) is 0 Å². The van der Waals surface area contributed by atoms with Gasteiger partial charge in [-0.05, 0) is 43.5 Å². The van der Waals surface area contributed by atoms with Crippen molar-refractivity contribution < 1.29 is 9.50 Å². The van der Waals surface area contributed by atoms with Crippen LogP contribution in [0.2, 0.25) is 0 Å². The minimum atomic E-state index is -0.886. The van der Waals surface area contributed by atoms with Crippen molar-refractivity contribution in [2.24, 2.45) is 5.41 Å². The number of aliphatic hydroxyl groups excluding tert-OH is 1. The molecule has 2 unspecified atom stereocenters. The molecule has 0 amide bonds. The first-order valence-corrected chi connectivity index (χ1v) is 5.30. The van der Waals surface area contributed by atoms with Gasteiger partial charge in [-0.15, -0.1) is 0 Å². The summed E-state index contributed by atoms with van der Waals surface area (Å²) in [6.07, 6.45) is -0.343. The van der Waals surface area contributed by atoms with Gasteiger partial charge in [-0.2, -0.15) is 5.26 Å². The summed E-state index contributed by atoms with van der Waals surface area (Å²) in [5.74, 6) is -0.330. The Hall–Kier alpha value is -1.40. The number of hydrogen-bond acceptors (Lipinski definition) is 2. The second-order valence-corrected chi connectivity index (χ2v) is 4.29. The fourth-order valence-corrected chi connectivity index (χ4v) is 1.62. The van der Waals surface area contributed by atoms with Crippen molar-refractivity contribution in [3.63, 3.8) is 0 Å². The van der Waals surface area contributed by atoms with E-state index in [4.69, 9.17) is 5.26 Å². The number of halogens is 1.